The zero-order valence-corrected chi connectivity index (χ0v) is 18.4. The van der Waals surface area contributed by atoms with Crippen molar-refractivity contribution in [3.8, 4) is 11.3 Å². The Morgan fingerprint density at radius 2 is 1.59 bits per heavy atom. The van der Waals surface area contributed by atoms with E-state index in [4.69, 9.17) is 0 Å². The quantitative estimate of drug-likeness (QED) is 0.234. The van der Waals surface area contributed by atoms with Crippen LogP contribution in [0.15, 0.2) is 36.4 Å². The first-order valence-electron chi connectivity index (χ1n) is 10.3. The van der Waals surface area contributed by atoms with Gasteiger partial charge in [-0.05, 0) is 13.0 Å². The number of carbonyl (C=O) groups excluding carboxylic acids is 1. The maximum atomic E-state index is 14.2. The van der Waals surface area contributed by atoms with Crippen molar-refractivity contribution < 1.29 is 44.3 Å². The third kappa shape index (κ3) is 4.70. The monoisotopic (exact) mass is 532 g/mol. The van der Waals surface area contributed by atoms with Gasteiger partial charge < -0.3 is 5.32 Å². The van der Waals surface area contributed by atoms with Gasteiger partial charge in [-0.3, -0.25) is 4.79 Å². The number of amides is 1. The highest BCUT2D eigenvalue weighted by molar-refractivity contribution is 5.92. The van der Waals surface area contributed by atoms with Crippen molar-refractivity contribution in [3.63, 3.8) is 0 Å². The number of nitrogens with one attached hydrogen (secondary N) is 1. The molecule has 0 aliphatic rings. The van der Waals surface area contributed by atoms with Crippen LogP contribution < -0.4 is 5.32 Å². The van der Waals surface area contributed by atoms with Crippen LogP contribution in [0.3, 0.4) is 0 Å². The fourth-order valence-corrected chi connectivity index (χ4v) is 3.73. The lowest BCUT2D eigenvalue weighted by Gasteiger charge is -2.14. The van der Waals surface area contributed by atoms with Crippen molar-refractivity contribution in [3.05, 3.63) is 76.5 Å². The van der Waals surface area contributed by atoms with Gasteiger partial charge in [0.05, 0.1) is 16.8 Å². The molecule has 1 amide bonds. The number of hydrogen-bond acceptors (Lipinski definition) is 3. The minimum Gasteiger partial charge on any atom is -0.319 e. The Morgan fingerprint density at radius 1 is 1.00 bits per heavy atom. The molecule has 0 saturated heterocycles. The van der Waals surface area contributed by atoms with E-state index in [2.05, 4.69) is 10.1 Å². The smallest absolute Gasteiger partial charge is 0.319 e. The number of halogens is 9. The molecule has 0 aliphatic carbocycles. The number of anilines is 1. The first-order chi connectivity index (χ1) is 17.3. The second-order valence-corrected chi connectivity index (χ2v) is 7.76. The zero-order valence-electron chi connectivity index (χ0n) is 18.4. The Hall–Kier alpha value is -4.10. The molecular formula is C23H13F9N4O. The van der Waals surface area contributed by atoms with Gasteiger partial charge in [0.2, 0.25) is 5.91 Å². The molecule has 0 unspecified atom stereocenters. The van der Waals surface area contributed by atoms with Gasteiger partial charge in [-0.25, -0.2) is 36.0 Å². The van der Waals surface area contributed by atoms with Gasteiger partial charge in [0.25, 0.3) is 6.43 Å². The SMILES string of the molecule is Cc1nn(CC(=O)Nc2c(F)c(F)c(C(F)(F)F)c(F)c2F)c2nc(-c3ccccc3)cc(C(F)F)c12. The Balaban J connectivity index is 1.75. The van der Waals surface area contributed by atoms with Crippen molar-refractivity contribution in [2.24, 2.45) is 0 Å². The van der Waals surface area contributed by atoms with Gasteiger partial charge in [-0.1, -0.05) is 30.3 Å². The van der Waals surface area contributed by atoms with Crippen LogP contribution in [0.5, 0.6) is 0 Å². The molecule has 4 aromatic rings. The van der Waals surface area contributed by atoms with Gasteiger partial charge in [0.15, 0.2) is 28.9 Å². The molecule has 0 fully saturated rings. The zero-order chi connectivity index (χ0) is 27.2. The number of aryl methyl sites for hydroxylation is 1. The van der Waals surface area contributed by atoms with E-state index in [0.29, 0.717) is 5.56 Å². The normalized spacial score (nSPS) is 12.0. The van der Waals surface area contributed by atoms with Crippen molar-refractivity contribution in [1.82, 2.24) is 14.8 Å². The van der Waals surface area contributed by atoms with E-state index in [0.717, 1.165) is 10.7 Å². The fourth-order valence-electron chi connectivity index (χ4n) is 3.73. The Bertz CT molecular complexity index is 1490. The van der Waals surface area contributed by atoms with E-state index < -0.39 is 65.1 Å². The van der Waals surface area contributed by atoms with E-state index in [1.54, 1.807) is 30.3 Å². The summed E-state index contributed by atoms with van der Waals surface area (Å²) >= 11 is 0. The summed E-state index contributed by atoms with van der Waals surface area (Å²) in [4.78, 5) is 16.7. The van der Waals surface area contributed by atoms with Crippen LogP contribution in [0.1, 0.15) is 23.2 Å². The van der Waals surface area contributed by atoms with Gasteiger partial charge in [-0.2, -0.15) is 18.3 Å². The molecule has 0 radical (unpaired) electrons. The largest absolute Gasteiger partial charge is 0.422 e. The maximum Gasteiger partial charge on any atom is 0.422 e. The summed E-state index contributed by atoms with van der Waals surface area (Å²) in [5, 5.41) is 5.32. The van der Waals surface area contributed by atoms with Crippen molar-refractivity contribution in [2.75, 3.05) is 5.32 Å². The highest BCUT2D eigenvalue weighted by Crippen LogP contribution is 2.38. The number of alkyl halides is 5. The molecule has 37 heavy (non-hydrogen) atoms. The first kappa shape index (κ1) is 26.0. The van der Waals surface area contributed by atoms with Gasteiger partial charge in [0.1, 0.15) is 17.8 Å². The Morgan fingerprint density at radius 3 is 2.14 bits per heavy atom. The molecule has 1 N–H and O–H groups in total. The average molecular weight is 532 g/mol. The number of aromatic nitrogens is 3. The third-order valence-corrected chi connectivity index (χ3v) is 5.32. The minimum absolute atomic E-state index is 0.0224. The Kier molecular flexibility index (Phi) is 6.60. The van der Waals surface area contributed by atoms with Crippen molar-refractivity contribution >= 4 is 22.6 Å². The number of carbonyl (C=O) groups is 1. The molecule has 0 atom stereocenters. The van der Waals surface area contributed by atoms with Crippen LogP contribution in [0.25, 0.3) is 22.3 Å². The van der Waals surface area contributed by atoms with Gasteiger partial charge >= 0.3 is 6.18 Å². The Labute approximate surface area is 201 Å². The number of pyridine rings is 1. The fraction of sp³-hybridized carbons (Fsp3) is 0.174. The number of nitrogens with zero attached hydrogens (tertiary/aromatic N) is 3. The van der Waals surface area contributed by atoms with Crippen LogP contribution in [-0.4, -0.2) is 20.7 Å². The molecule has 14 heteroatoms. The van der Waals surface area contributed by atoms with Crippen LogP contribution >= 0.6 is 0 Å². The number of rotatable bonds is 5. The van der Waals surface area contributed by atoms with Gasteiger partial charge in [-0.15, -0.1) is 0 Å². The van der Waals surface area contributed by atoms with E-state index in [-0.39, 0.29) is 22.4 Å². The van der Waals surface area contributed by atoms with Crippen molar-refractivity contribution in [2.45, 2.75) is 26.1 Å². The summed E-state index contributed by atoms with van der Waals surface area (Å²) in [6.45, 7) is 0.397. The molecule has 2 aromatic heterocycles. The molecule has 0 aliphatic heterocycles. The standard InChI is InChI=1S/C23H13F9N4O/c1-9-14-11(21(28)29)7-12(10-5-3-2-4-6-10)33-22(14)36(35-9)8-13(37)34-20-18(26)16(24)15(23(30,31)32)17(25)19(20)27/h2-7,21H,8H2,1H3,(H,34,37). The number of hydrogen-bond donors (Lipinski definition) is 1. The molecule has 0 saturated carbocycles. The topological polar surface area (TPSA) is 59.8 Å². The summed E-state index contributed by atoms with van der Waals surface area (Å²) in [6.07, 6.45) is -8.73. The molecule has 2 heterocycles. The average Bonchev–Trinajstić information content (AvgIpc) is 3.14. The van der Waals surface area contributed by atoms with E-state index in [9.17, 15) is 44.3 Å². The third-order valence-electron chi connectivity index (χ3n) is 5.32. The summed E-state index contributed by atoms with van der Waals surface area (Å²) < 4.78 is 123. The molecule has 2 aromatic carbocycles. The molecular weight excluding hydrogens is 519 g/mol. The summed E-state index contributed by atoms with van der Waals surface area (Å²) in [5.41, 5.74) is -4.71. The molecule has 5 nitrogen and oxygen atoms in total. The predicted molar refractivity (Wildman–Crippen MR) is 113 cm³/mol. The lowest BCUT2D eigenvalue weighted by Crippen LogP contribution is -2.23. The van der Waals surface area contributed by atoms with E-state index in [1.165, 1.54) is 12.2 Å². The second kappa shape index (κ2) is 9.41. The lowest BCUT2D eigenvalue weighted by molar-refractivity contribution is -0.143. The number of fused-ring (bicyclic) bond motifs is 1. The summed E-state index contributed by atoms with van der Waals surface area (Å²) in [5.74, 6) is -11.8. The lowest BCUT2D eigenvalue weighted by atomic mass is 10.1. The van der Waals surface area contributed by atoms with Crippen molar-refractivity contribution in [1.29, 1.82) is 0 Å². The van der Waals surface area contributed by atoms with Crippen LogP contribution in [0.4, 0.5) is 45.2 Å². The predicted octanol–water partition coefficient (Wildman–Crippen LogP) is 6.56. The van der Waals surface area contributed by atoms with Crippen LogP contribution in [0.2, 0.25) is 0 Å². The summed E-state index contributed by atoms with van der Waals surface area (Å²) in [7, 11) is 0. The van der Waals surface area contributed by atoms with E-state index >= 15 is 0 Å². The minimum atomic E-state index is -5.76. The molecule has 4 rings (SSSR count). The maximum absolute atomic E-state index is 14.2. The first-order valence-corrected chi connectivity index (χ1v) is 10.3. The highest BCUT2D eigenvalue weighted by Gasteiger charge is 2.42. The van der Waals surface area contributed by atoms with Crippen LogP contribution in [-0.2, 0) is 17.5 Å². The molecule has 194 valence electrons. The van der Waals surface area contributed by atoms with E-state index in [1.807, 2.05) is 0 Å². The second-order valence-electron chi connectivity index (χ2n) is 7.76. The molecule has 0 bridgehead atoms. The van der Waals surface area contributed by atoms with Gasteiger partial charge in [0, 0.05) is 11.1 Å². The van der Waals surface area contributed by atoms with Crippen LogP contribution in [0, 0.1) is 30.2 Å². The summed E-state index contributed by atoms with van der Waals surface area (Å²) in [6, 6.07) is 9.25. The number of benzene rings is 2. The highest BCUT2D eigenvalue weighted by atomic mass is 19.4. The molecule has 0 spiro atoms.